The van der Waals surface area contributed by atoms with E-state index in [4.69, 9.17) is 4.74 Å². The number of hydrogen-bond donors (Lipinski definition) is 0. The lowest BCUT2D eigenvalue weighted by Crippen LogP contribution is -2.07. The average Bonchev–Trinajstić information content (AvgIpc) is 2.37. The van der Waals surface area contributed by atoms with Crippen LogP contribution >= 0.6 is 0 Å². The summed E-state index contributed by atoms with van der Waals surface area (Å²) in [6, 6.07) is 9.39. The maximum Gasteiger partial charge on any atom is 0.253 e. The first-order chi connectivity index (χ1) is 8.58. The van der Waals surface area contributed by atoms with Crippen LogP contribution in [0.4, 0.5) is 13.2 Å². The van der Waals surface area contributed by atoms with Crippen molar-refractivity contribution in [3.05, 3.63) is 59.5 Å². The van der Waals surface area contributed by atoms with E-state index in [2.05, 4.69) is 4.98 Å². The molecule has 0 spiro atoms. The van der Waals surface area contributed by atoms with E-state index in [0.717, 1.165) is 5.56 Å². The summed E-state index contributed by atoms with van der Waals surface area (Å²) in [6.45, 7) is 1.66. The molecule has 1 heterocycles. The smallest absolute Gasteiger partial charge is 0.253 e. The summed E-state index contributed by atoms with van der Waals surface area (Å²) in [6.07, 6.45) is -0.516. The standard InChI is InChI=1S/C13H10F3NO/c1-8(9-5-3-2-4-6-9)18-13-11(15)7-10(14)12(16)17-13/h2-8H,1H3. The van der Waals surface area contributed by atoms with Gasteiger partial charge in [0.1, 0.15) is 6.10 Å². The highest BCUT2D eigenvalue weighted by molar-refractivity contribution is 5.20. The lowest BCUT2D eigenvalue weighted by Gasteiger charge is -2.14. The fourth-order valence-electron chi connectivity index (χ4n) is 1.47. The average molecular weight is 253 g/mol. The van der Waals surface area contributed by atoms with E-state index in [9.17, 15) is 13.2 Å². The number of ether oxygens (including phenoxy) is 1. The number of benzene rings is 1. The second-order valence-corrected chi connectivity index (χ2v) is 3.72. The van der Waals surface area contributed by atoms with E-state index in [1.54, 1.807) is 31.2 Å². The lowest BCUT2D eigenvalue weighted by molar-refractivity contribution is 0.201. The Morgan fingerprint density at radius 1 is 1.06 bits per heavy atom. The predicted molar refractivity (Wildman–Crippen MR) is 59.6 cm³/mol. The van der Waals surface area contributed by atoms with Crippen molar-refractivity contribution in [1.29, 1.82) is 0 Å². The first-order valence-electron chi connectivity index (χ1n) is 5.31. The van der Waals surface area contributed by atoms with Gasteiger partial charge in [0.15, 0.2) is 11.6 Å². The summed E-state index contributed by atoms with van der Waals surface area (Å²) in [5, 5.41) is 0. The minimum Gasteiger partial charge on any atom is -0.468 e. The fraction of sp³-hybridized carbons (Fsp3) is 0.154. The summed E-state index contributed by atoms with van der Waals surface area (Å²) >= 11 is 0. The quantitative estimate of drug-likeness (QED) is 0.779. The van der Waals surface area contributed by atoms with Crippen LogP contribution < -0.4 is 4.74 Å². The molecule has 0 saturated carbocycles. The number of hydrogen-bond acceptors (Lipinski definition) is 2. The molecule has 0 saturated heterocycles. The molecule has 2 aromatic rings. The molecule has 2 nitrogen and oxygen atoms in total. The van der Waals surface area contributed by atoms with E-state index in [1.807, 2.05) is 6.07 Å². The molecule has 0 radical (unpaired) electrons. The van der Waals surface area contributed by atoms with Gasteiger partial charge in [0.25, 0.3) is 11.8 Å². The predicted octanol–water partition coefficient (Wildman–Crippen LogP) is 3.64. The molecule has 1 unspecified atom stereocenters. The normalized spacial score (nSPS) is 12.2. The Kier molecular flexibility index (Phi) is 3.50. The van der Waals surface area contributed by atoms with Crippen molar-refractivity contribution < 1.29 is 17.9 Å². The van der Waals surface area contributed by atoms with Gasteiger partial charge in [0.2, 0.25) is 0 Å². The summed E-state index contributed by atoms with van der Waals surface area (Å²) in [4.78, 5) is 3.10. The first-order valence-corrected chi connectivity index (χ1v) is 5.31. The number of nitrogens with zero attached hydrogens (tertiary/aromatic N) is 1. The van der Waals surface area contributed by atoms with Gasteiger partial charge in [-0.05, 0) is 12.5 Å². The Bertz CT molecular complexity index is 545. The number of aromatic nitrogens is 1. The van der Waals surface area contributed by atoms with E-state index >= 15 is 0 Å². The molecule has 0 fully saturated rings. The highest BCUT2D eigenvalue weighted by Gasteiger charge is 2.16. The van der Waals surface area contributed by atoms with Gasteiger partial charge in [-0.2, -0.15) is 9.37 Å². The van der Waals surface area contributed by atoms with Crippen molar-refractivity contribution in [2.45, 2.75) is 13.0 Å². The Morgan fingerprint density at radius 3 is 2.39 bits per heavy atom. The van der Waals surface area contributed by atoms with Gasteiger partial charge in [0, 0.05) is 6.07 Å². The topological polar surface area (TPSA) is 22.1 Å². The molecule has 0 aliphatic rings. The van der Waals surface area contributed by atoms with Gasteiger partial charge in [-0.15, -0.1) is 0 Å². The van der Waals surface area contributed by atoms with Crippen LogP contribution in [0, 0.1) is 17.6 Å². The summed E-state index contributed by atoms with van der Waals surface area (Å²) < 4.78 is 44.1. The molecule has 0 aliphatic heterocycles. The number of pyridine rings is 1. The third kappa shape index (κ3) is 2.61. The maximum absolute atomic E-state index is 13.3. The van der Waals surface area contributed by atoms with Gasteiger partial charge in [-0.1, -0.05) is 30.3 Å². The maximum atomic E-state index is 13.3. The van der Waals surface area contributed by atoms with Crippen LogP contribution in [0.1, 0.15) is 18.6 Å². The van der Waals surface area contributed by atoms with Gasteiger partial charge in [-0.3, -0.25) is 0 Å². The zero-order valence-corrected chi connectivity index (χ0v) is 9.53. The molecule has 0 amide bonds. The third-order valence-electron chi connectivity index (χ3n) is 2.41. The molecule has 1 aromatic carbocycles. The number of rotatable bonds is 3. The SMILES string of the molecule is CC(Oc1nc(F)c(F)cc1F)c1ccccc1. The molecule has 18 heavy (non-hydrogen) atoms. The zero-order chi connectivity index (χ0) is 13.1. The van der Waals surface area contributed by atoms with E-state index in [1.165, 1.54) is 0 Å². The molecule has 2 rings (SSSR count). The van der Waals surface area contributed by atoms with E-state index in [0.29, 0.717) is 6.07 Å². The molecule has 94 valence electrons. The van der Waals surface area contributed by atoms with Crippen LogP contribution in [0.15, 0.2) is 36.4 Å². The monoisotopic (exact) mass is 253 g/mol. The summed E-state index contributed by atoms with van der Waals surface area (Å²) in [7, 11) is 0. The second kappa shape index (κ2) is 5.08. The molecule has 1 atom stereocenters. The largest absolute Gasteiger partial charge is 0.468 e. The Morgan fingerprint density at radius 2 is 1.72 bits per heavy atom. The zero-order valence-electron chi connectivity index (χ0n) is 9.53. The van der Waals surface area contributed by atoms with Crippen molar-refractivity contribution in [1.82, 2.24) is 4.98 Å². The van der Waals surface area contributed by atoms with Gasteiger partial charge in [0.05, 0.1) is 0 Å². The Labute approximate surface area is 102 Å². The fourth-order valence-corrected chi connectivity index (χ4v) is 1.47. The van der Waals surface area contributed by atoms with Crippen LogP contribution in [-0.2, 0) is 0 Å². The van der Waals surface area contributed by atoms with E-state index < -0.39 is 29.6 Å². The first kappa shape index (κ1) is 12.4. The van der Waals surface area contributed by atoms with Crippen LogP contribution in [-0.4, -0.2) is 4.98 Å². The molecule has 1 aromatic heterocycles. The van der Waals surface area contributed by atoms with Crippen molar-refractivity contribution in [3.63, 3.8) is 0 Å². The second-order valence-electron chi connectivity index (χ2n) is 3.72. The number of halogens is 3. The van der Waals surface area contributed by atoms with E-state index in [-0.39, 0.29) is 0 Å². The van der Waals surface area contributed by atoms with Crippen LogP contribution in [0.3, 0.4) is 0 Å². The highest BCUT2D eigenvalue weighted by atomic mass is 19.2. The highest BCUT2D eigenvalue weighted by Crippen LogP contribution is 2.23. The third-order valence-corrected chi connectivity index (χ3v) is 2.41. The molecular weight excluding hydrogens is 243 g/mol. The van der Waals surface area contributed by atoms with Crippen molar-refractivity contribution in [2.24, 2.45) is 0 Å². The molecule has 0 bridgehead atoms. The van der Waals surface area contributed by atoms with Crippen molar-refractivity contribution in [2.75, 3.05) is 0 Å². The van der Waals surface area contributed by atoms with Gasteiger partial charge < -0.3 is 4.74 Å². The molecule has 0 N–H and O–H groups in total. The summed E-state index contributed by atoms with van der Waals surface area (Å²) in [5.74, 6) is -4.30. The van der Waals surface area contributed by atoms with Crippen molar-refractivity contribution >= 4 is 0 Å². The summed E-state index contributed by atoms with van der Waals surface area (Å²) in [5.41, 5.74) is 0.781. The minimum absolute atomic E-state index is 0.412. The van der Waals surface area contributed by atoms with Gasteiger partial charge in [-0.25, -0.2) is 8.78 Å². The Hall–Kier alpha value is -2.04. The van der Waals surface area contributed by atoms with Gasteiger partial charge >= 0.3 is 0 Å². The molecular formula is C13H10F3NO. The minimum atomic E-state index is -1.38. The van der Waals surface area contributed by atoms with Crippen molar-refractivity contribution in [3.8, 4) is 5.88 Å². The lowest BCUT2D eigenvalue weighted by atomic mass is 10.1. The van der Waals surface area contributed by atoms with Crippen LogP contribution in [0.5, 0.6) is 5.88 Å². The molecule has 0 aliphatic carbocycles. The van der Waals surface area contributed by atoms with Crippen LogP contribution in [0.25, 0.3) is 0 Å². The van der Waals surface area contributed by atoms with Crippen LogP contribution in [0.2, 0.25) is 0 Å². The molecule has 5 heteroatoms. The Balaban J connectivity index is 2.22.